The zero-order valence-corrected chi connectivity index (χ0v) is 18.5. The van der Waals surface area contributed by atoms with Gasteiger partial charge in [0.2, 0.25) is 0 Å². The van der Waals surface area contributed by atoms with Crippen molar-refractivity contribution in [3.05, 3.63) is 64.6 Å². The molecule has 31 heavy (non-hydrogen) atoms. The van der Waals surface area contributed by atoms with Crippen LogP contribution in [0.1, 0.15) is 28.9 Å². The number of rotatable bonds is 6. The van der Waals surface area contributed by atoms with E-state index in [0.717, 1.165) is 27.7 Å². The van der Waals surface area contributed by atoms with Crippen LogP contribution in [0.5, 0.6) is 0 Å². The van der Waals surface area contributed by atoms with E-state index in [4.69, 9.17) is 8.83 Å². The van der Waals surface area contributed by atoms with Crippen LogP contribution < -0.4 is 0 Å². The summed E-state index contributed by atoms with van der Waals surface area (Å²) in [5, 5.41) is 17.4. The van der Waals surface area contributed by atoms with Crippen molar-refractivity contribution >= 4 is 34.7 Å². The normalized spacial score (nSPS) is 16.1. The van der Waals surface area contributed by atoms with Gasteiger partial charge in [0.05, 0.1) is 34.4 Å². The molecule has 0 aliphatic carbocycles. The topological polar surface area (TPSA) is 89.7 Å². The van der Waals surface area contributed by atoms with Gasteiger partial charge in [0, 0.05) is 13.5 Å². The average molecular weight is 454 g/mol. The Kier molecular flexibility index (Phi) is 5.24. The maximum absolute atomic E-state index is 13.1. The molecular formula is C21H19N5O3S2. The summed E-state index contributed by atoms with van der Waals surface area (Å²) in [5.74, 6) is 2.28. The van der Waals surface area contributed by atoms with Crippen molar-refractivity contribution in [1.29, 1.82) is 0 Å². The Labute approximate surface area is 186 Å². The van der Waals surface area contributed by atoms with Crippen LogP contribution in [0.25, 0.3) is 11.4 Å². The fourth-order valence-corrected chi connectivity index (χ4v) is 5.00. The summed E-state index contributed by atoms with van der Waals surface area (Å²) in [5.41, 5.74) is 1.78. The highest BCUT2D eigenvalue weighted by Crippen LogP contribution is 2.35. The van der Waals surface area contributed by atoms with E-state index < -0.39 is 0 Å². The molecule has 0 N–H and O–H groups in total. The van der Waals surface area contributed by atoms with Crippen molar-refractivity contribution in [2.24, 2.45) is 12.1 Å². The van der Waals surface area contributed by atoms with Crippen molar-refractivity contribution < 1.29 is 13.6 Å². The van der Waals surface area contributed by atoms with Gasteiger partial charge in [0.25, 0.3) is 5.91 Å². The third-order valence-electron chi connectivity index (χ3n) is 5.10. The van der Waals surface area contributed by atoms with Gasteiger partial charge in [-0.1, -0.05) is 17.8 Å². The number of carbonyl (C=O) groups excluding carboxylic acids is 1. The zero-order chi connectivity index (χ0) is 21.4. The van der Waals surface area contributed by atoms with Crippen LogP contribution in [0.4, 0.5) is 0 Å². The summed E-state index contributed by atoms with van der Waals surface area (Å²) in [6, 6.07) is 9.33. The molecule has 0 saturated heterocycles. The second-order valence-electron chi connectivity index (χ2n) is 7.04. The molecule has 0 bridgehead atoms. The van der Waals surface area contributed by atoms with E-state index >= 15 is 0 Å². The number of nitrogens with zero attached hydrogens (tertiary/aromatic N) is 5. The van der Waals surface area contributed by atoms with E-state index in [9.17, 15) is 4.79 Å². The van der Waals surface area contributed by atoms with Crippen LogP contribution >= 0.6 is 23.1 Å². The summed E-state index contributed by atoms with van der Waals surface area (Å²) in [6.45, 7) is 1.88. The minimum atomic E-state index is -0.246. The SMILES string of the molecule is Cc1occc1-c1nnc(SCC(=O)N2N=C(c3cccs3)C[C@H]2c2ccco2)n1C. The molecule has 158 valence electrons. The molecule has 0 aromatic carbocycles. The molecule has 1 atom stereocenters. The Hall–Kier alpha value is -3.11. The minimum Gasteiger partial charge on any atom is -0.469 e. The molecule has 1 aliphatic rings. The molecule has 8 nitrogen and oxygen atoms in total. The number of hydrogen-bond acceptors (Lipinski definition) is 8. The quantitative estimate of drug-likeness (QED) is 0.399. The van der Waals surface area contributed by atoms with Gasteiger partial charge in [0.1, 0.15) is 17.6 Å². The predicted molar refractivity (Wildman–Crippen MR) is 118 cm³/mol. The lowest BCUT2D eigenvalue weighted by Crippen LogP contribution is -2.28. The first-order valence-corrected chi connectivity index (χ1v) is 11.5. The first kappa shape index (κ1) is 19.8. The van der Waals surface area contributed by atoms with Gasteiger partial charge in [-0.05, 0) is 36.6 Å². The first-order valence-electron chi connectivity index (χ1n) is 9.65. The first-order chi connectivity index (χ1) is 15.1. The summed E-state index contributed by atoms with van der Waals surface area (Å²) in [4.78, 5) is 14.2. The maximum atomic E-state index is 13.1. The molecule has 0 radical (unpaired) electrons. The molecule has 0 unspecified atom stereocenters. The van der Waals surface area contributed by atoms with Crippen LogP contribution in [-0.4, -0.2) is 37.1 Å². The van der Waals surface area contributed by atoms with Gasteiger partial charge < -0.3 is 13.4 Å². The third kappa shape index (κ3) is 3.72. The number of aromatic nitrogens is 3. The van der Waals surface area contributed by atoms with E-state index in [2.05, 4.69) is 15.3 Å². The Morgan fingerprint density at radius 3 is 2.84 bits per heavy atom. The summed E-state index contributed by atoms with van der Waals surface area (Å²) in [6.07, 6.45) is 3.87. The molecule has 1 aliphatic heterocycles. The highest BCUT2D eigenvalue weighted by molar-refractivity contribution is 7.99. The summed E-state index contributed by atoms with van der Waals surface area (Å²) >= 11 is 2.95. The molecule has 0 fully saturated rings. The van der Waals surface area contributed by atoms with Crippen molar-refractivity contribution in [1.82, 2.24) is 19.8 Å². The van der Waals surface area contributed by atoms with Crippen molar-refractivity contribution in [3.8, 4) is 11.4 Å². The molecule has 1 amide bonds. The smallest absolute Gasteiger partial charge is 0.253 e. The predicted octanol–water partition coefficient (Wildman–Crippen LogP) is 4.51. The molecule has 5 rings (SSSR count). The fraction of sp³-hybridized carbons (Fsp3) is 0.238. The maximum Gasteiger partial charge on any atom is 0.253 e. The average Bonchev–Trinajstić information content (AvgIpc) is 3.57. The van der Waals surface area contributed by atoms with E-state index in [0.29, 0.717) is 17.4 Å². The summed E-state index contributed by atoms with van der Waals surface area (Å²) < 4.78 is 12.8. The number of hydrazone groups is 1. The van der Waals surface area contributed by atoms with Crippen LogP contribution in [0.15, 0.2) is 67.3 Å². The van der Waals surface area contributed by atoms with Crippen molar-refractivity contribution in [3.63, 3.8) is 0 Å². The second kappa shape index (κ2) is 8.20. The lowest BCUT2D eigenvalue weighted by Gasteiger charge is -2.19. The van der Waals surface area contributed by atoms with Crippen LogP contribution in [0.2, 0.25) is 0 Å². The highest BCUT2D eigenvalue weighted by Gasteiger charge is 2.35. The Balaban J connectivity index is 1.34. The Morgan fingerprint density at radius 2 is 2.13 bits per heavy atom. The number of thioether (sulfide) groups is 1. The lowest BCUT2D eigenvalue weighted by molar-refractivity contribution is -0.130. The molecule has 0 spiro atoms. The number of carbonyl (C=O) groups is 1. The molecule has 4 aromatic heterocycles. The van der Waals surface area contributed by atoms with E-state index in [1.807, 2.05) is 54.3 Å². The molecule has 0 saturated carbocycles. The number of thiophene rings is 1. The zero-order valence-electron chi connectivity index (χ0n) is 16.9. The van der Waals surface area contributed by atoms with Gasteiger partial charge in [-0.15, -0.1) is 21.5 Å². The van der Waals surface area contributed by atoms with Crippen LogP contribution in [0.3, 0.4) is 0 Å². The second-order valence-corrected chi connectivity index (χ2v) is 8.93. The van der Waals surface area contributed by atoms with E-state index in [1.165, 1.54) is 11.8 Å². The Bertz CT molecular complexity index is 1220. The van der Waals surface area contributed by atoms with Gasteiger partial charge in [-0.3, -0.25) is 4.79 Å². The number of aryl methyl sites for hydroxylation is 1. The minimum absolute atomic E-state index is 0.109. The van der Waals surface area contributed by atoms with Crippen LogP contribution in [-0.2, 0) is 11.8 Å². The monoisotopic (exact) mass is 453 g/mol. The molecular weight excluding hydrogens is 434 g/mol. The number of hydrogen-bond donors (Lipinski definition) is 0. The molecule has 10 heteroatoms. The summed E-state index contributed by atoms with van der Waals surface area (Å²) in [7, 11) is 1.88. The number of furan rings is 2. The number of amides is 1. The van der Waals surface area contributed by atoms with E-state index in [-0.39, 0.29) is 17.7 Å². The van der Waals surface area contributed by atoms with Crippen molar-refractivity contribution in [2.75, 3.05) is 5.75 Å². The fourth-order valence-electron chi connectivity index (χ4n) is 3.52. The van der Waals surface area contributed by atoms with Gasteiger partial charge in [-0.25, -0.2) is 5.01 Å². The van der Waals surface area contributed by atoms with E-state index in [1.54, 1.807) is 28.9 Å². The third-order valence-corrected chi connectivity index (χ3v) is 7.03. The highest BCUT2D eigenvalue weighted by atomic mass is 32.2. The van der Waals surface area contributed by atoms with Gasteiger partial charge in [0.15, 0.2) is 11.0 Å². The molecule has 5 heterocycles. The lowest BCUT2D eigenvalue weighted by atomic mass is 10.1. The molecule has 4 aromatic rings. The van der Waals surface area contributed by atoms with Gasteiger partial charge in [-0.2, -0.15) is 5.10 Å². The van der Waals surface area contributed by atoms with Crippen LogP contribution in [0, 0.1) is 6.92 Å². The largest absolute Gasteiger partial charge is 0.469 e. The van der Waals surface area contributed by atoms with Crippen molar-refractivity contribution in [2.45, 2.75) is 24.5 Å². The Morgan fingerprint density at radius 1 is 1.23 bits per heavy atom. The van der Waals surface area contributed by atoms with Gasteiger partial charge >= 0.3 is 0 Å². The standard InChI is InChI=1S/C21H19N5O3S2/c1-13-14(7-9-28-13)20-22-23-21(25(20)2)31-12-19(27)26-16(17-5-3-8-29-17)11-15(24-26)18-6-4-10-30-18/h3-10,16H,11-12H2,1-2H3/t16-/m0/s1.